The third-order valence-electron chi connectivity index (χ3n) is 2.25. The van der Waals surface area contributed by atoms with Gasteiger partial charge in [0.25, 0.3) is 0 Å². The molecule has 86 valence electrons. The van der Waals surface area contributed by atoms with E-state index in [2.05, 4.69) is 6.92 Å². The fourth-order valence-corrected chi connectivity index (χ4v) is 1.41. The Bertz CT molecular complexity index is 104. The van der Waals surface area contributed by atoms with Gasteiger partial charge in [0.05, 0.1) is 0 Å². The molecule has 0 amide bonds. The Labute approximate surface area is 89.0 Å². The number of rotatable bonds is 10. The van der Waals surface area contributed by atoms with Crippen molar-refractivity contribution in [2.45, 2.75) is 65.6 Å². The predicted octanol–water partition coefficient (Wildman–Crippen LogP) is 3.75. The quantitative estimate of drug-likeness (QED) is 0.397. The molecule has 1 atom stereocenters. The summed E-state index contributed by atoms with van der Waals surface area (Å²) in [5, 5.41) is 0. The van der Waals surface area contributed by atoms with Crippen molar-refractivity contribution in [3.63, 3.8) is 0 Å². The average molecular weight is 202 g/mol. The molecule has 0 N–H and O–H groups in total. The van der Waals surface area contributed by atoms with Crippen molar-refractivity contribution in [1.82, 2.24) is 0 Å². The first kappa shape index (κ1) is 13.9. The number of unbranched alkanes of at least 4 members (excludes halogenated alkanes) is 5. The van der Waals surface area contributed by atoms with E-state index in [4.69, 9.17) is 9.47 Å². The molecule has 0 saturated heterocycles. The number of hydrogen-bond acceptors (Lipinski definition) is 2. The second-order valence-electron chi connectivity index (χ2n) is 3.66. The van der Waals surface area contributed by atoms with E-state index in [0.717, 1.165) is 13.2 Å². The van der Waals surface area contributed by atoms with Crippen LogP contribution in [0.1, 0.15) is 59.3 Å². The van der Waals surface area contributed by atoms with Crippen LogP contribution in [0.15, 0.2) is 0 Å². The van der Waals surface area contributed by atoms with E-state index in [9.17, 15) is 0 Å². The molecule has 2 nitrogen and oxygen atoms in total. The van der Waals surface area contributed by atoms with Crippen LogP contribution in [0.25, 0.3) is 0 Å². The minimum Gasteiger partial charge on any atom is -0.353 e. The third-order valence-corrected chi connectivity index (χ3v) is 2.25. The van der Waals surface area contributed by atoms with E-state index in [1.54, 1.807) is 0 Å². The number of ether oxygens (including phenoxy) is 2. The first-order chi connectivity index (χ1) is 6.81. The number of hydrogen-bond donors (Lipinski definition) is 0. The van der Waals surface area contributed by atoms with Crippen LogP contribution in [0.5, 0.6) is 0 Å². The highest BCUT2D eigenvalue weighted by molar-refractivity contribution is 4.43. The molecule has 0 spiro atoms. The Morgan fingerprint density at radius 3 is 2.14 bits per heavy atom. The summed E-state index contributed by atoms with van der Waals surface area (Å²) in [6.45, 7) is 7.77. The van der Waals surface area contributed by atoms with Gasteiger partial charge < -0.3 is 9.47 Å². The van der Waals surface area contributed by atoms with Crippen LogP contribution in [0.2, 0.25) is 0 Å². The molecule has 0 aromatic rings. The maximum Gasteiger partial charge on any atom is 0.154 e. The van der Waals surface area contributed by atoms with Crippen LogP contribution in [0, 0.1) is 0 Å². The third kappa shape index (κ3) is 10.0. The van der Waals surface area contributed by atoms with Crippen LogP contribution in [-0.2, 0) is 9.47 Å². The standard InChI is InChI=1S/C12H26O2/c1-4-6-7-8-9-10-11-14-12(3)13-5-2/h12H,4-11H2,1-3H3. The molecule has 0 bridgehead atoms. The predicted molar refractivity (Wildman–Crippen MR) is 60.4 cm³/mol. The first-order valence-corrected chi connectivity index (χ1v) is 6.04. The zero-order chi connectivity index (χ0) is 10.6. The maximum atomic E-state index is 5.47. The van der Waals surface area contributed by atoms with E-state index in [1.165, 1.54) is 38.5 Å². The van der Waals surface area contributed by atoms with Crippen molar-refractivity contribution in [3.8, 4) is 0 Å². The Morgan fingerprint density at radius 1 is 0.857 bits per heavy atom. The second kappa shape index (κ2) is 11.0. The fraction of sp³-hybridized carbons (Fsp3) is 1.00. The first-order valence-electron chi connectivity index (χ1n) is 6.04. The second-order valence-corrected chi connectivity index (χ2v) is 3.66. The van der Waals surface area contributed by atoms with Gasteiger partial charge in [-0.3, -0.25) is 0 Å². The zero-order valence-electron chi connectivity index (χ0n) is 10.1. The SMILES string of the molecule is CCCCCCCCOC(C)OCC. The minimum atomic E-state index is -0.0318. The molecule has 0 radical (unpaired) electrons. The molecule has 2 heteroatoms. The smallest absolute Gasteiger partial charge is 0.154 e. The van der Waals surface area contributed by atoms with Crippen molar-refractivity contribution < 1.29 is 9.47 Å². The summed E-state index contributed by atoms with van der Waals surface area (Å²) in [5.74, 6) is 0. The highest BCUT2D eigenvalue weighted by Gasteiger charge is 1.98. The minimum absolute atomic E-state index is 0.0318. The van der Waals surface area contributed by atoms with E-state index >= 15 is 0 Å². The molecule has 1 unspecified atom stereocenters. The lowest BCUT2D eigenvalue weighted by Crippen LogP contribution is -2.13. The molecule has 14 heavy (non-hydrogen) atoms. The van der Waals surface area contributed by atoms with Gasteiger partial charge in [-0.05, 0) is 20.3 Å². The van der Waals surface area contributed by atoms with Crippen LogP contribution in [0.4, 0.5) is 0 Å². The Morgan fingerprint density at radius 2 is 1.50 bits per heavy atom. The summed E-state index contributed by atoms with van der Waals surface area (Å²) in [6.07, 6.45) is 7.84. The monoisotopic (exact) mass is 202 g/mol. The van der Waals surface area contributed by atoms with Crippen molar-refractivity contribution in [2.75, 3.05) is 13.2 Å². The van der Waals surface area contributed by atoms with Crippen molar-refractivity contribution in [1.29, 1.82) is 0 Å². The van der Waals surface area contributed by atoms with Gasteiger partial charge in [0, 0.05) is 13.2 Å². The van der Waals surface area contributed by atoms with E-state index < -0.39 is 0 Å². The lowest BCUT2D eigenvalue weighted by molar-refractivity contribution is -0.127. The molecule has 0 saturated carbocycles. The summed E-state index contributed by atoms with van der Waals surface area (Å²) in [7, 11) is 0. The van der Waals surface area contributed by atoms with Crippen LogP contribution < -0.4 is 0 Å². The van der Waals surface area contributed by atoms with Gasteiger partial charge in [0.2, 0.25) is 0 Å². The molecule has 0 aromatic heterocycles. The molecule has 0 heterocycles. The van der Waals surface area contributed by atoms with Gasteiger partial charge in [0.1, 0.15) is 0 Å². The summed E-state index contributed by atoms with van der Waals surface area (Å²) in [4.78, 5) is 0. The van der Waals surface area contributed by atoms with Gasteiger partial charge in [-0.1, -0.05) is 39.0 Å². The van der Waals surface area contributed by atoms with Crippen molar-refractivity contribution in [3.05, 3.63) is 0 Å². The zero-order valence-corrected chi connectivity index (χ0v) is 10.1. The maximum absolute atomic E-state index is 5.47. The van der Waals surface area contributed by atoms with Crippen LogP contribution in [0.3, 0.4) is 0 Å². The Kier molecular flexibility index (Phi) is 10.9. The molecule has 0 aliphatic heterocycles. The highest BCUT2D eigenvalue weighted by Crippen LogP contribution is 2.05. The molecular formula is C12H26O2. The lowest BCUT2D eigenvalue weighted by Gasteiger charge is -2.12. The van der Waals surface area contributed by atoms with Crippen LogP contribution in [-0.4, -0.2) is 19.5 Å². The topological polar surface area (TPSA) is 18.5 Å². The summed E-state index contributed by atoms with van der Waals surface area (Å²) >= 11 is 0. The summed E-state index contributed by atoms with van der Waals surface area (Å²) in [6, 6.07) is 0. The average Bonchev–Trinajstić information content (AvgIpc) is 2.17. The van der Waals surface area contributed by atoms with Crippen LogP contribution >= 0.6 is 0 Å². The summed E-state index contributed by atoms with van der Waals surface area (Å²) < 4.78 is 10.7. The normalized spacial score (nSPS) is 13.1. The van der Waals surface area contributed by atoms with Crippen molar-refractivity contribution >= 4 is 0 Å². The van der Waals surface area contributed by atoms with E-state index in [1.807, 2.05) is 13.8 Å². The van der Waals surface area contributed by atoms with Gasteiger partial charge >= 0.3 is 0 Å². The van der Waals surface area contributed by atoms with E-state index in [0.29, 0.717) is 0 Å². The summed E-state index contributed by atoms with van der Waals surface area (Å²) in [5.41, 5.74) is 0. The van der Waals surface area contributed by atoms with E-state index in [-0.39, 0.29) is 6.29 Å². The molecule has 0 aliphatic carbocycles. The van der Waals surface area contributed by atoms with Gasteiger partial charge in [-0.2, -0.15) is 0 Å². The molecule has 0 rings (SSSR count). The molecule has 0 aliphatic rings. The van der Waals surface area contributed by atoms with Gasteiger partial charge in [-0.15, -0.1) is 0 Å². The molecule has 0 aromatic carbocycles. The fourth-order valence-electron chi connectivity index (χ4n) is 1.41. The van der Waals surface area contributed by atoms with Gasteiger partial charge in [0.15, 0.2) is 6.29 Å². The molecule has 0 fully saturated rings. The lowest BCUT2D eigenvalue weighted by atomic mass is 10.1. The Balaban J connectivity index is 2.98. The molecular weight excluding hydrogens is 176 g/mol. The van der Waals surface area contributed by atoms with Gasteiger partial charge in [-0.25, -0.2) is 0 Å². The largest absolute Gasteiger partial charge is 0.353 e. The van der Waals surface area contributed by atoms with Crippen molar-refractivity contribution in [2.24, 2.45) is 0 Å². The Hall–Kier alpha value is -0.0800. The highest BCUT2D eigenvalue weighted by atomic mass is 16.7.